The Morgan fingerprint density at radius 1 is 1.24 bits per heavy atom. The van der Waals surface area contributed by atoms with Crippen molar-refractivity contribution in [2.45, 2.75) is 43.5 Å². The van der Waals surface area contributed by atoms with Crippen LogP contribution in [0.2, 0.25) is 0 Å². The van der Waals surface area contributed by atoms with Crippen LogP contribution in [0, 0.1) is 5.92 Å². The van der Waals surface area contributed by atoms with Crippen molar-refractivity contribution in [3.63, 3.8) is 0 Å². The molecule has 1 atom stereocenters. The Labute approximate surface area is 109 Å². The number of hydrogen-bond acceptors (Lipinski definition) is 2. The molecule has 1 fully saturated rings. The van der Waals surface area contributed by atoms with Gasteiger partial charge in [0.1, 0.15) is 0 Å². The molecule has 17 heavy (non-hydrogen) atoms. The highest BCUT2D eigenvalue weighted by atomic mass is 32.2. The largest absolute Gasteiger partial charge is 0.310 e. The summed E-state index contributed by atoms with van der Waals surface area (Å²) in [6, 6.07) is 9.67. The summed E-state index contributed by atoms with van der Waals surface area (Å²) in [5.74, 6) is 0.843. The van der Waals surface area contributed by atoms with E-state index in [0.717, 1.165) is 12.5 Å². The molecule has 0 spiro atoms. The summed E-state index contributed by atoms with van der Waals surface area (Å²) in [6.07, 6.45) is 7.74. The lowest BCUT2D eigenvalue weighted by Crippen LogP contribution is -2.26. The minimum Gasteiger partial charge on any atom is -0.310 e. The second-order valence-corrected chi connectivity index (χ2v) is 5.73. The van der Waals surface area contributed by atoms with E-state index in [1.54, 1.807) is 0 Å². The van der Waals surface area contributed by atoms with Crippen LogP contribution in [0.4, 0.5) is 0 Å². The molecule has 1 aromatic rings. The Bertz CT molecular complexity index is 327. The van der Waals surface area contributed by atoms with Crippen LogP contribution in [0.15, 0.2) is 29.2 Å². The Kier molecular flexibility index (Phi) is 4.93. The maximum Gasteiger partial charge on any atom is 0.0348 e. The molecule has 2 heteroatoms. The van der Waals surface area contributed by atoms with Crippen molar-refractivity contribution in [2.24, 2.45) is 5.92 Å². The van der Waals surface area contributed by atoms with Crippen LogP contribution >= 0.6 is 11.8 Å². The molecule has 0 bridgehead atoms. The second kappa shape index (κ2) is 6.46. The first-order valence-corrected chi connectivity index (χ1v) is 7.95. The standard InChI is InChI=1S/C15H23NS/c1-3-16-15(12-6-4-5-7-12)13-8-10-14(17-2)11-9-13/h8-12,15-16H,3-7H2,1-2H3. The Hall–Kier alpha value is -0.470. The van der Waals surface area contributed by atoms with Gasteiger partial charge < -0.3 is 5.32 Å². The molecular formula is C15H23NS. The van der Waals surface area contributed by atoms with E-state index in [9.17, 15) is 0 Å². The highest BCUT2D eigenvalue weighted by molar-refractivity contribution is 7.98. The lowest BCUT2D eigenvalue weighted by molar-refractivity contribution is 0.374. The zero-order valence-corrected chi connectivity index (χ0v) is 11.7. The number of rotatable bonds is 5. The molecule has 1 unspecified atom stereocenters. The van der Waals surface area contributed by atoms with E-state index < -0.39 is 0 Å². The highest BCUT2D eigenvalue weighted by Gasteiger charge is 2.25. The number of thioether (sulfide) groups is 1. The van der Waals surface area contributed by atoms with Crippen LogP contribution in [0.1, 0.15) is 44.2 Å². The maximum absolute atomic E-state index is 3.67. The van der Waals surface area contributed by atoms with Gasteiger partial charge in [-0.3, -0.25) is 0 Å². The molecule has 0 aliphatic heterocycles. The average molecular weight is 249 g/mol. The first-order valence-electron chi connectivity index (χ1n) is 6.72. The predicted molar refractivity (Wildman–Crippen MR) is 76.6 cm³/mol. The topological polar surface area (TPSA) is 12.0 Å². The van der Waals surface area contributed by atoms with Gasteiger partial charge in [0.15, 0.2) is 0 Å². The fraction of sp³-hybridized carbons (Fsp3) is 0.600. The van der Waals surface area contributed by atoms with Crippen molar-refractivity contribution in [1.82, 2.24) is 5.32 Å². The fourth-order valence-electron chi connectivity index (χ4n) is 2.88. The Balaban J connectivity index is 2.12. The van der Waals surface area contributed by atoms with Crippen molar-refractivity contribution < 1.29 is 0 Å². The molecule has 94 valence electrons. The summed E-state index contributed by atoms with van der Waals surface area (Å²) >= 11 is 1.81. The molecule has 0 radical (unpaired) electrons. The van der Waals surface area contributed by atoms with Crippen molar-refractivity contribution >= 4 is 11.8 Å². The van der Waals surface area contributed by atoms with Crippen LogP contribution in [0.25, 0.3) is 0 Å². The Morgan fingerprint density at radius 2 is 1.88 bits per heavy atom. The molecule has 0 saturated heterocycles. The normalized spacial score (nSPS) is 18.5. The van der Waals surface area contributed by atoms with Crippen molar-refractivity contribution in [3.8, 4) is 0 Å². The van der Waals surface area contributed by atoms with Crippen LogP contribution in [0.5, 0.6) is 0 Å². The molecule has 0 heterocycles. The molecule has 1 aromatic carbocycles. The monoisotopic (exact) mass is 249 g/mol. The second-order valence-electron chi connectivity index (χ2n) is 4.85. The number of hydrogen-bond donors (Lipinski definition) is 1. The van der Waals surface area contributed by atoms with Gasteiger partial charge in [-0.2, -0.15) is 0 Å². The van der Waals surface area contributed by atoms with E-state index in [-0.39, 0.29) is 0 Å². The Morgan fingerprint density at radius 3 is 2.41 bits per heavy atom. The molecule has 2 rings (SSSR count). The first kappa shape index (κ1) is 13.0. The van der Waals surface area contributed by atoms with Gasteiger partial charge in [0, 0.05) is 10.9 Å². The van der Waals surface area contributed by atoms with Crippen LogP contribution in [0.3, 0.4) is 0 Å². The first-order chi connectivity index (χ1) is 8.35. The van der Waals surface area contributed by atoms with Crippen LogP contribution in [-0.2, 0) is 0 Å². The fourth-order valence-corrected chi connectivity index (χ4v) is 3.29. The van der Waals surface area contributed by atoms with Gasteiger partial charge in [0.05, 0.1) is 0 Å². The molecule has 1 N–H and O–H groups in total. The molecule has 0 amide bonds. The van der Waals surface area contributed by atoms with Gasteiger partial charge in [-0.1, -0.05) is 31.9 Å². The molecule has 0 aromatic heterocycles. The van der Waals surface area contributed by atoms with Gasteiger partial charge in [-0.15, -0.1) is 11.8 Å². The van der Waals surface area contributed by atoms with E-state index in [1.807, 2.05) is 11.8 Å². The summed E-state index contributed by atoms with van der Waals surface area (Å²) in [5, 5.41) is 3.67. The van der Waals surface area contributed by atoms with Gasteiger partial charge in [-0.25, -0.2) is 0 Å². The van der Waals surface area contributed by atoms with E-state index in [1.165, 1.54) is 36.1 Å². The van der Waals surface area contributed by atoms with Crippen molar-refractivity contribution in [2.75, 3.05) is 12.8 Å². The summed E-state index contributed by atoms with van der Waals surface area (Å²) < 4.78 is 0. The molecular weight excluding hydrogens is 226 g/mol. The zero-order valence-electron chi connectivity index (χ0n) is 10.9. The van der Waals surface area contributed by atoms with E-state index >= 15 is 0 Å². The van der Waals surface area contributed by atoms with Crippen molar-refractivity contribution in [3.05, 3.63) is 29.8 Å². The number of benzene rings is 1. The van der Waals surface area contributed by atoms with Crippen LogP contribution in [-0.4, -0.2) is 12.8 Å². The molecule has 1 aliphatic carbocycles. The van der Waals surface area contributed by atoms with Crippen LogP contribution < -0.4 is 5.32 Å². The molecule has 1 nitrogen and oxygen atoms in total. The summed E-state index contributed by atoms with van der Waals surface area (Å²) in [4.78, 5) is 1.36. The lowest BCUT2D eigenvalue weighted by atomic mass is 9.91. The highest BCUT2D eigenvalue weighted by Crippen LogP contribution is 2.36. The summed E-state index contributed by atoms with van der Waals surface area (Å²) in [6.45, 7) is 3.27. The molecule has 1 aliphatic rings. The lowest BCUT2D eigenvalue weighted by Gasteiger charge is -2.25. The zero-order chi connectivity index (χ0) is 12.1. The third kappa shape index (κ3) is 3.26. The third-order valence-electron chi connectivity index (χ3n) is 3.77. The van der Waals surface area contributed by atoms with E-state index in [2.05, 4.69) is 42.8 Å². The SMILES string of the molecule is CCNC(c1ccc(SC)cc1)C1CCCC1. The minimum atomic E-state index is 0.568. The average Bonchev–Trinajstić information content (AvgIpc) is 2.90. The quantitative estimate of drug-likeness (QED) is 0.783. The van der Waals surface area contributed by atoms with Gasteiger partial charge in [0.2, 0.25) is 0 Å². The predicted octanol–water partition coefficient (Wildman–Crippen LogP) is 4.25. The van der Waals surface area contributed by atoms with Crippen molar-refractivity contribution in [1.29, 1.82) is 0 Å². The summed E-state index contributed by atoms with van der Waals surface area (Å²) in [7, 11) is 0. The minimum absolute atomic E-state index is 0.568. The van der Waals surface area contributed by atoms with E-state index in [4.69, 9.17) is 0 Å². The summed E-state index contributed by atoms with van der Waals surface area (Å²) in [5.41, 5.74) is 1.47. The third-order valence-corrected chi connectivity index (χ3v) is 4.51. The smallest absolute Gasteiger partial charge is 0.0348 e. The van der Waals surface area contributed by atoms with Gasteiger partial charge >= 0.3 is 0 Å². The maximum atomic E-state index is 3.67. The van der Waals surface area contributed by atoms with Gasteiger partial charge in [-0.05, 0) is 49.3 Å². The van der Waals surface area contributed by atoms with E-state index in [0.29, 0.717) is 6.04 Å². The van der Waals surface area contributed by atoms with Gasteiger partial charge in [0.25, 0.3) is 0 Å². The molecule has 1 saturated carbocycles. The number of nitrogens with one attached hydrogen (secondary N) is 1.